The average Bonchev–Trinajstić information content (AvgIpc) is 2.59. The normalized spacial score (nSPS) is 11.5. The molecule has 134 valence electrons. The molecule has 2 N–H and O–H groups in total. The first-order valence-electron chi connectivity index (χ1n) is 7.07. The monoisotopic (exact) mass is 385 g/mol. The Kier molecular flexibility index (Phi) is 6.90. The lowest BCUT2D eigenvalue weighted by Gasteiger charge is -2.11. The lowest BCUT2D eigenvalue weighted by Crippen LogP contribution is -2.31. The Morgan fingerprint density at radius 3 is 2.76 bits per heavy atom. The Hall–Kier alpha value is -2.46. The van der Waals surface area contributed by atoms with E-state index in [1.165, 1.54) is 7.11 Å². The minimum atomic E-state index is -1.85. The number of para-hydroxylation sites is 1. The highest BCUT2D eigenvalue weighted by Crippen LogP contribution is 2.21. The topological polar surface area (TPSA) is 115 Å². The molecule has 2 amide bonds. The van der Waals surface area contributed by atoms with Crippen molar-refractivity contribution in [3.63, 3.8) is 0 Å². The van der Waals surface area contributed by atoms with Gasteiger partial charge in [0.15, 0.2) is 11.0 Å². The summed E-state index contributed by atoms with van der Waals surface area (Å²) in [6.07, 6.45) is 0. The Morgan fingerprint density at radius 1 is 1.28 bits per heavy atom. The van der Waals surface area contributed by atoms with Gasteiger partial charge in [-0.15, -0.1) is 11.6 Å². The van der Waals surface area contributed by atoms with Crippen LogP contribution in [0.3, 0.4) is 0 Å². The number of amides is 2. The van der Waals surface area contributed by atoms with Crippen LogP contribution in [0.1, 0.15) is 5.82 Å². The molecule has 0 spiro atoms. The van der Waals surface area contributed by atoms with Gasteiger partial charge in [0.2, 0.25) is 5.95 Å². The average molecular weight is 386 g/mol. The number of rotatable bonds is 7. The highest BCUT2D eigenvalue weighted by Gasteiger charge is 2.15. The third-order valence-corrected chi connectivity index (χ3v) is 3.97. The van der Waals surface area contributed by atoms with Crippen LogP contribution in [0.2, 0.25) is 0 Å². The summed E-state index contributed by atoms with van der Waals surface area (Å²) >= 11 is 5.59. The van der Waals surface area contributed by atoms with Crippen molar-refractivity contribution >= 4 is 34.6 Å². The van der Waals surface area contributed by atoms with E-state index in [-0.39, 0.29) is 24.4 Å². The standard InChI is InChI=1S/C14H16ClN5O4S/c1-9-16-12(19-14(17-9)23-2)18-13(21)20-25(22)11-6-4-3-5-10(11)24-8-7-15/h3-6H,7-8H2,1-2H3,(H2,16,17,18,19,20,21). The summed E-state index contributed by atoms with van der Waals surface area (Å²) in [5, 5.41) is 2.37. The first-order valence-corrected chi connectivity index (χ1v) is 8.75. The van der Waals surface area contributed by atoms with E-state index in [1.54, 1.807) is 31.2 Å². The van der Waals surface area contributed by atoms with Crippen molar-refractivity contribution in [1.82, 2.24) is 19.7 Å². The molecule has 1 unspecified atom stereocenters. The van der Waals surface area contributed by atoms with Crippen molar-refractivity contribution in [2.75, 3.05) is 24.9 Å². The first kappa shape index (κ1) is 18.9. The lowest BCUT2D eigenvalue weighted by atomic mass is 10.3. The number of hydrogen-bond acceptors (Lipinski definition) is 7. The third-order valence-electron chi connectivity index (χ3n) is 2.70. The highest BCUT2D eigenvalue weighted by molar-refractivity contribution is 7.83. The molecule has 0 fully saturated rings. The summed E-state index contributed by atoms with van der Waals surface area (Å²) in [4.78, 5) is 24.1. The molecule has 2 rings (SSSR count). The molecule has 1 aromatic carbocycles. The molecule has 0 saturated heterocycles. The fraction of sp³-hybridized carbons (Fsp3) is 0.286. The van der Waals surface area contributed by atoms with Gasteiger partial charge in [-0.05, 0) is 19.1 Å². The number of carbonyl (C=O) groups is 1. The highest BCUT2D eigenvalue weighted by atomic mass is 35.5. The number of nitrogens with zero attached hydrogens (tertiary/aromatic N) is 3. The number of ether oxygens (including phenoxy) is 2. The van der Waals surface area contributed by atoms with Gasteiger partial charge in [0.05, 0.1) is 13.0 Å². The number of methoxy groups -OCH3 is 1. The van der Waals surface area contributed by atoms with Crippen LogP contribution >= 0.6 is 11.6 Å². The van der Waals surface area contributed by atoms with Crippen molar-refractivity contribution in [3.05, 3.63) is 30.1 Å². The predicted molar refractivity (Wildman–Crippen MR) is 92.3 cm³/mol. The first-order chi connectivity index (χ1) is 12.0. The predicted octanol–water partition coefficient (Wildman–Crippen LogP) is 1.65. The quantitative estimate of drug-likeness (QED) is 0.696. The maximum absolute atomic E-state index is 12.4. The van der Waals surface area contributed by atoms with Crippen LogP contribution < -0.4 is 19.5 Å². The SMILES string of the molecule is COc1nc(C)nc(NC(=O)NS(=O)c2ccccc2OCCCl)n1. The Bertz CT molecular complexity index is 777. The van der Waals surface area contributed by atoms with Gasteiger partial charge in [-0.1, -0.05) is 12.1 Å². The van der Waals surface area contributed by atoms with Crippen LogP contribution in [0.4, 0.5) is 10.7 Å². The number of anilines is 1. The smallest absolute Gasteiger partial charge is 0.333 e. The van der Waals surface area contributed by atoms with Gasteiger partial charge < -0.3 is 9.47 Å². The molecule has 0 radical (unpaired) electrons. The molecule has 1 atom stereocenters. The number of aromatic nitrogens is 3. The number of halogens is 1. The number of carbonyl (C=O) groups excluding carboxylic acids is 1. The lowest BCUT2D eigenvalue weighted by molar-refractivity contribution is 0.256. The van der Waals surface area contributed by atoms with Gasteiger partial charge in [0.25, 0.3) is 0 Å². The molecule has 25 heavy (non-hydrogen) atoms. The molecule has 0 saturated carbocycles. The molecule has 1 heterocycles. The van der Waals surface area contributed by atoms with Crippen LogP contribution in [0.25, 0.3) is 0 Å². The molecule has 11 heteroatoms. The minimum Gasteiger partial charge on any atom is -0.491 e. The molecule has 0 bridgehead atoms. The summed E-state index contributed by atoms with van der Waals surface area (Å²) in [7, 11) is -0.453. The van der Waals surface area contributed by atoms with Crippen LogP contribution in [-0.4, -0.2) is 44.8 Å². The zero-order valence-corrected chi connectivity index (χ0v) is 15.1. The molecule has 0 aliphatic heterocycles. The van der Waals surface area contributed by atoms with Crippen molar-refractivity contribution in [1.29, 1.82) is 0 Å². The van der Waals surface area contributed by atoms with Crippen molar-refractivity contribution < 1.29 is 18.5 Å². The second kappa shape index (κ2) is 9.14. The zero-order chi connectivity index (χ0) is 18.2. The fourth-order valence-corrected chi connectivity index (χ4v) is 2.66. The van der Waals surface area contributed by atoms with Gasteiger partial charge in [-0.3, -0.25) is 10.0 Å². The Labute approximate surface area is 151 Å². The number of hydrogen-bond donors (Lipinski definition) is 2. The number of benzene rings is 1. The summed E-state index contributed by atoms with van der Waals surface area (Å²) in [6.45, 7) is 1.88. The maximum atomic E-state index is 12.4. The van der Waals surface area contributed by atoms with Crippen LogP contribution in [0, 0.1) is 6.92 Å². The van der Waals surface area contributed by atoms with Crippen molar-refractivity contribution in [2.45, 2.75) is 11.8 Å². The molecule has 0 aliphatic rings. The van der Waals surface area contributed by atoms with Crippen molar-refractivity contribution in [3.8, 4) is 11.8 Å². The summed E-state index contributed by atoms with van der Waals surface area (Å²) in [5.41, 5.74) is 0. The van der Waals surface area contributed by atoms with Gasteiger partial charge in [-0.2, -0.15) is 15.0 Å². The van der Waals surface area contributed by atoms with E-state index in [0.717, 1.165) is 0 Å². The number of alkyl halides is 1. The summed E-state index contributed by atoms with van der Waals surface area (Å²) in [5.74, 6) is 1.00. The Balaban J connectivity index is 2.06. The van der Waals surface area contributed by atoms with E-state index in [4.69, 9.17) is 21.1 Å². The molecular weight excluding hydrogens is 370 g/mol. The number of urea groups is 1. The minimum absolute atomic E-state index is 0.0227. The largest absolute Gasteiger partial charge is 0.491 e. The van der Waals surface area contributed by atoms with Gasteiger partial charge in [-0.25, -0.2) is 9.00 Å². The molecular formula is C14H16ClN5O4S. The zero-order valence-electron chi connectivity index (χ0n) is 13.5. The molecule has 0 aliphatic carbocycles. The van der Waals surface area contributed by atoms with Gasteiger partial charge >= 0.3 is 12.0 Å². The fourth-order valence-electron chi connectivity index (χ4n) is 1.74. The number of aryl methyl sites for hydroxylation is 1. The van der Waals surface area contributed by atoms with E-state index >= 15 is 0 Å². The summed E-state index contributed by atoms with van der Waals surface area (Å²) < 4.78 is 25.0. The second-order valence-electron chi connectivity index (χ2n) is 4.50. The van der Waals surface area contributed by atoms with Crippen LogP contribution in [-0.2, 0) is 11.0 Å². The van der Waals surface area contributed by atoms with E-state index < -0.39 is 17.0 Å². The van der Waals surface area contributed by atoms with Crippen LogP contribution in [0.5, 0.6) is 11.8 Å². The number of nitrogens with one attached hydrogen (secondary N) is 2. The van der Waals surface area contributed by atoms with Gasteiger partial charge in [0.1, 0.15) is 23.1 Å². The molecule has 2 aromatic rings. The van der Waals surface area contributed by atoms with E-state index in [0.29, 0.717) is 16.5 Å². The van der Waals surface area contributed by atoms with E-state index in [2.05, 4.69) is 25.0 Å². The van der Waals surface area contributed by atoms with E-state index in [1.807, 2.05) is 0 Å². The van der Waals surface area contributed by atoms with Gasteiger partial charge in [0, 0.05) is 0 Å². The third kappa shape index (κ3) is 5.54. The van der Waals surface area contributed by atoms with Crippen molar-refractivity contribution in [2.24, 2.45) is 0 Å². The van der Waals surface area contributed by atoms with Crippen LogP contribution in [0.15, 0.2) is 29.2 Å². The van der Waals surface area contributed by atoms with E-state index in [9.17, 15) is 9.00 Å². The maximum Gasteiger partial charge on any atom is 0.333 e. The summed E-state index contributed by atoms with van der Waals surface area (Å²) in [6, 6.07) is 5.93. The Morgan fingerprint density at radius 2 is 2.04 bits per heavy atom. The molecule has 9 nitrogen and oxygen atoms in total. The second-order valence-corrected chi connectivity index (χ2v) is 6.06. The molecule has 1 aromatic heterocycles.